The Morgan fingerprint density at radius 3 is 2.24 bits per heavy atom. The maximum absolute atomic E-state index is 13.4. The first-order valence-corrected chi connectivity index (χ1v) is 10.9. The van der Waals surface area contributed by atoms with Crippen molar-refractivity contribution in [3.05, 3.63) is 110 Å². The molecule has 0 fully saturated rings. The van der Waals surface area contributed by atoms with Crippen LogP contribution in [0.4, 0.5) is 5.69 Å². The van der Waals surface area contributed by atoms with Crippen molar-refractivity contribution >= 4 is 34.6 Å². The number of rotatable bonds is 5. The van der Waals surface area contributed by atoms with E-state index >= 15 is 0 Å². The van der Waals surface area contributed by atoms with Crippen LogP contribution in [0.1, 0.15) is 5.56 Å². The molecule has 0 unspecified atom stereocenters. The van der Waals surface area contributed by atoms with Crippen LogP contribution in [0.15, 0.2) is 89.7 Å². The van der Waals surface area contributed by atoms with Crippen LogP contribution in [0, 0.1) is 11.3 Å². The number of nitrogens with zero attached hydrogens (tertiary/aromatic N) is 2. The Labute approximate surface area is 193 Å². The second kappa shape index (κ2) is 9.81. The normalized spacial score (nSPS) is 12.1. The monoisotopic (exact) mass is 453 g/mol. The summed E-state index contributed by atoms with van der Waals surface area (Å²) < 4.78 is 7.26. The summed E-state index contributed by atoms with van der Waals surface area (Å²) in [5, 5.41) is 12.6. The van der Waals surface area contributed by atoms with E-state index in [1.54, 1.807) is 73.8 Å². The quantitative estimate of drug-likeness (QED) is 0.503. The topological polar surface area (TPSA) is 84.1 Å². The van der Waals surface area contributed by atoms with Gasteiger partial charge in [-0.25, -0.2) is 0 Å². The Morgan fingerprint density at radius 2 is 1.64 bits per heavy atom. The van der Waals surface area contributed by atoms with Gasteiger partial charge in [-0.3, -0.25) is 14.2 Å². The number of carbonyl (C=O) groups is 1. The van der Waals surface area contributed by atoms with Gasteiger partial charge >= 0.3 is 0 Å². The summed E-state index contributed by atoms with van der Waals surface area (Å²) in [5.41, 5.74) is 1.48. The minimum Gasteiger partial charge on any atom is -0.497 e. The van der Waals surface area contributed by atoms with Crippen molar-refractivity contribution in [2.24, 2.45) is 0 Å². The molecule has 1 aromatic heterocycles. The van der Waals surface area contributed by atoms with Crippen molar-refractivity contribution in [3.8, 4) is 17.5 Å². The predicted octanol–water partition coefficient (Wildman–Crippen LogP) is 3.05. The summed E-state index contributed by atoms with van der Waals surface area (Å²) in [4.78, 5) is 26.4. The molecular formula is C26H19N3O3S. The third-order valence-electron chi connectivity index (χ3n) is 4.84. The standard InChI is InChI=1S/C26H19N3O3S/c1-32-21-14-12-18(13-15-21)16-23-25(31)29(20-10-6-3-7-11-20)26(33-23)22(17-27)24(30)28-19-8-4-2-5-9-19/h2-16H,1H3,(H,28,30)/b23-16+,26-22+. The molecule has 33 heavy (non-hydrogen) atoms. The van der Waals surface area contributed by atoms with Gasteiger partial charge in [0.15, 0.2) is 5.57 Å². The van der Waals surface area contributed by atoms with E-state index in [4.69, 9.17) is 4.74 Å². The van der Waals surface area contributed by atoms with Gasteiger partial charge in [-0.15, -0.1) is 11.3 Å². The van der Waals surface area contributed by atoms with Gasteiger partial charge in [0.25, 0.3) is 11.5 Å². The van der Waals surface area contributed by atoms with Gasteiger partial charge in [-0.1, -0.05) is 48.5 Å². The van der Waals surface area contributed by atoms with Gasteiger partial charge in [0.1, 0.15) is 16.5 Å². The average Bonchev–Trinajstić information content (AvgIpc) is 3.16. The van der Waals surface area contributed by atoms with Gasteiger partial charge in [-0.05, 0) is 48.0 Å². The Kier molecular flexibility index (Phi) is 6.48. The first-order valence-electron chi connectivity index (χ1n) is 10.0. The van der Waals surface area contributed by atoms with E-state index in [-0.39, 0.29) is 15.8 Å². The molecule has 0 bridgehead atoms. The molecule has 0 saturated carbocycles. The maximum Gasteiger partial charge on any atom is 0.273 e. The fourth-order valence-electron chi connectivity index (χ4n) is 3.22. The van der Waals surface area contributed by atoms with E-state index in [2.05, 4.69) is 5.32 Å². The van der Waals surface area contributed by atoms with Crippen LogP contribution in [-0.4, -0.2) is 17.6 Å². The summed E-state index contributed by atoms with van der Waals surface area (Å²) in [6.45, 7) is 0. The van der Waals surface area contributed by atoms with Gasteiger partial charge in [0.05, 0.1) is 17.3 Å². The number of amides is 1. The number of nitriles is 1. The Hall–Kier alpha value is -4.41. The molecule has 4 rings (SSSR count). The Balaban J connectivity index is 1.93. The van der Waals surface area contributed by atoms with Crippen LogP contribution in [0.25, 0.3) is 17.3 Å². The summed E-state index contributed by atoms with van der Waals surface area (Å²) in [5.74, 6) is 0.129. The van der Waals surface area contributed by atoms with Crippen LogP contribution in [0.5, 0.6) is 5.75 Å². The highest BCUT2D eigenvalue weighted by molar-refractivity contribution is 7.07. The zero-order valence-electron chi connectivity index (χ0n) is 17.7. The third kappa shape index (κ3) is 4.76. The molecule has 1 heterocycles. The smallest absolute Gasteiger partial charge is 0.273 e. The van der Waals surface area contributed by atoms with Crippen LogP contribution in [0.3, 0.4) is 0 Å². The summed E-state index contributed by atoms with van der Waals surface area (Å²) in [6.07, 6.45) is 1.74. The van der Waals surface area contributed by atoms with Crippen molar-refractivity contribution in [1.29, 1.82) is 5.26 Å². The highest BCUT2D eigenvalue weighted by Gasteiger charge is 2.17. The highest BCUT2D eigenvalue weighted by Crippen LogP contribution is 2.12. The van der Waals surface area contributed by atoms with E-state index in [0.717, 1.165) is 16.9 Å². The zero-order chi connectivity index (χ0) is 23.2. The van der Waals surface area contributed by atoms with Gasteiger partial charge < -0.3 is 10.1 Å². The maximum atomic E-state index is 13.4. The van der Waals surface area contributed by atoms with Gasteiger partial charge in [0.2, 0.25) is 0 Å². The SMILES string of the molecule is COc1ccc(/C=c2/s/c(=C(\C#N)C(=O)Nc3ccccc3)n(-c3ccccc3)c2=O)cc1. The molecule has 0 atom stereocenters. The molecule has 4 aromatic rings. The minimum atomic E-state index is -0.578. The Morgan fingerprint density at radius 1 is 1.00 bits per heavy atom. The number of thiazole rings is 1. The van der Waals surface area contributed by atoms with Crippen LogP contribution in [-0.2, 0) is 4.79 Å². The lowest BCUT2D eigenvalue weighted by atomic mass is 10.2. The lowest BCUT2D eigenvalue weighted by Crippen LogP contribution is -2.32. The molecule has 0 aliphatic rings. The third-order valence-corrected chi connectivity index (χ3v) is 5.93. The fourth-order valence-corrected chi connectivity index (χ4v) is 4.33. The molecule has 0 aliphatic heterocycles. The van der Waals surface area contributed by atoms with Crippen molar-refractivity contribution in [2.75, 3.05) is 12.4 Å². The van der Waals surface area contributed by atoms with Crippen molar-refractivity contribution in [1.82, 2.24) is 4.57 Å². The molecule has 162 valence electrons. The number of ether oxygens (including phenoxy) is 1. The molecule has 1 amide bonds. The molecular weight excluding hydrogens is 434 g/mol. The largest absolute Gasteiger partial charge is 0.497 e. The van der Waals surface area contributed by atoms with Crippen LogP contribution < -0.4 is 24.8 Å². The number of methoxy groups -OCH3 is 1. The number of nitrogens with one attached hydrogen (secondary N) is 1. The van der Waals surface area contributed by atoms with Crippen molar-refractivity contribution < 1.29 is 9.53 Å². The van der Waals surface area contributed by atoms with Crippen LogP contribution >= 0.6 is 11.3 Å². The number of anilines is 1. The van der Waals surface area contributed by atoms with Crippen molar-refractivity contribution in [2.45, 2.75) is 0 Å². The predicted molar refractivity (Wildman–Crippen MR) is 130 cm³/mol. The number of hydrogen-bond acceptors (Lipinski definition) is 5. The second-order valence-electron chi connectivity index (χ2n) is 6.97. The molecule has 7 heteroatoms. The number of para-hydroxylation sites is 2. The van der Waals surface area contributed by atoms with Gasteiger partial charge in [0, 0.05) is 5.69 Å². The van der Waals surface area contributed by atoms with E-state index in [1.165, 1.54) is 4.57 Å². The van der Waals surface area contributed by atoms with Crippen molar-refractivity contribution in [3.63, 3.8) is 0 Å². The zero-order valence-corrected chi connectivity index (χ0v) is 18.5. The fraction of sp³-hybridized carbons (Fsp3) is 0.0385. The first kappa shape index (κ1) is 21.8. The molecule has 6 nitrogen and oxygen atoms in total. The number of aromatic nitrogens is 1. The van der Waals surface area contributed by atoms with E-state index in [9.17, 15) is 14.9 Å². The van der Waals surface area contributed by atoms with Crippen LogP contribution in [0.2, 0.25) is 0 Å². The number of carbonyl (C=O) groups excluding carboxylic acids is 1. The average molecular weight is 454 g/mol. The lowest BCUT2D eigenvalue weighted by molar-refractivity contribution is -0.111. The highest BCUT2D eigenvalue weighted by atomic mass is 32.1. The Bertz CT molecular complexity index is 1500. The number of benzene rings is 3. The lowest BCUT2D eigenvalue weighted by Gasteiger charge is -2.05. The van der Waals surface area contributed by atoms with E-state index < -0.39 is 5.91 Å². The summed E-state index contributed by atoms with van der Waals surface area (Å²) in [7, 11) is 1.59. The van der Waals surface area contributed by atoms with E-state index in [1.807, 2.05) is 30.3 Å². The van der Waals surface area contributed by atoms with E-state index in [0.29, 0.717) is 21.7 Å². The molecule has 1 N–H and O–H groups in total. The number of hydrogen-bond donors (Lipinski definition) is 1. The molecule has 0 saturated heterocycles. The second-order valence-corrected chi connectivity index (χ2v) is 8.00. The molecule has 0 radical (unpaired) electrons. The summed E-state index contributed by atoms with van der Waals surface area (Å²) >= 11 is 1.10. The summed E-state index contributed by atoms with van der Waals surface area (Å²) in [6, 6.07) is 27.1. The van der Waals surface area contributed by atoms with Gasteiger partial charge in [-0.2, -0.15) is 5.26 Å². The first-order chi connectivity index (χ1) is 16.1. The molecule has 0 spiro atoms. The minimum absolute atomic E-state index is 0.140. The molecule has 0 aliphatic carbocycles. The molecule has 3 aromatic carbocycles.